The minimum atomic E-state index is 0.0397. The van der Waals surface area contributed by atoms with Gasteiger partial charge in [-0.25, -0.2) is 0 Å². The van der Waals surface area contributed by atoms with E-state index >= 15 is 0 Å². The summed E-state index contributed by atoms with van der Waals surface area (Å²) in [4.78, 5) is 17.5. The number of aromatic nitrogens is 2. The Kier molecular flexibility index (Phi) is 7.83. The molecule has 1 fully saturated rings. The Morgan fingerprint density at radius 2 is 1.39 bits per heavy atom. The zero-order valence-corrected chi connectivity index (χ0v) is 21.8. The van der Waals surface area contributed by atoms with Gasteiger partial charge in [-0.1, -0.05) is 60.7 Å². The molecule has 4 aromatic rings. The lowest BCUT2D eigenvalue weighted by molar-refractivity contribution is -0.131. The topological polar surface area (TPSA) is 67.8 Å². The Hall–Kier alpha value is -4.39. The Balaban J connectivity index is 1.22. The lowest BCUT2D eigenvalue weighted by Gasteiger charge is -2.36. The van der Waals surface area contributed by atoms with E-state index in [-0.39, 0.29) is 11.8 Å². The molecule has 1 aliphatic rings. The molecule has 38 heavy (non-hydrogen) atoms. The number of carbonyl (C=O) groups excluding carboxylic acids is 1. The maximum Gasteiger partial charge on any atom is 0.223 e. The van der Waals surface area contributed by atoms with E-state index in [1.54, 1.807) is 14.2 Å². The first-order valence-electron chi connectivity index (χ1n) is 12.8. The number of anilines is 1. The van der Waals surface area contributed by atoms with Crippen LogP contribution in [0.4, 0.5) is 5.82 Å². The van der Waals surface area contributed by atoms with Gasteiger partial charge < -0.3 is 19.3 Å². The maximum absolute atomic E-state index is 13.4. The summed E-state index contributed by atoms with van der Waals surface area (Å²) in [6.45, 7) is 2.76. The zero-order chi connectivity index (χ0) is 26.3. The van der Waals surface area contributed by atoms with Crippen molar-refractivity contribution in [3.63, 3.8) is 0 Å². The highest BCUT2D eigenvalue weighted by molar-refractivity contribution is 5.78. The second kappa shape index (κ2) is 11.8. The maximum atomic E-state index is 13.4. The molecule has 0 N–H and O–H groups in total. The molecular weight excluding hydrogens is 476 g/mol. The monoisotopic (exact) mass is 508 g/mol. The van der Waals surface area contributed by atoms with E-state index in [1.165, 1.54) is 0 Å². The quantitative estimate of drug-likeness (QED) is 0.333. The van der Waals surface area contributed by atoms with Gasteiger partial charge in [0.15, 0.2) is 17.3 Å². The van der Waals surface area contributed by atoms with Crippen LogP contribution in [0.5, 0.6) is 11.5 Å². The fourth-order valence-electron chi connectivity index (χ4n) is 4.93. The summed E-state index contributed by atoms with van der Waals surface area (Å²) in [6, 6.07) is 30.2. The lowest BCUT2D eigenvalue weighted by Crippen LogP contribution is -2.49. The van der Waals surface area contributed by atoms with Crippen molar-refractivity contribution in [3.05, 3.63) is 102 Å². The van der Waals surface area contributed by atoms with Gasteiger partial charge in [0, 0.05) is 44.1 Å². The molecule has 1 saturated heterocycles. The van der Waals surface area contributed by atoms with Crippen molar-refractivity contribution in [2.45, 2.75) is 12.3 Å². The van der Waals surface area contributed by atoms with Crippen molar-refractivity contribution >= 4 is 11.7 Å². The highest BCUT2D eigenvalue weighted by Crippen LogP contribution is 2.32. The van der Waals surface area contributed by atoms with E-state index in [9.17, 15) is 4.79 Å². The molecule has 7 nitrogen and oxygen atoms in total. The Labute approximate surface area is 223 Å². The number of nitrogens with zero attached hydrogens (tertiary/aromatic N) is 4. The number of carbonyl (C=O) groups is 1. The van der Waals surface area contributed by atoms with E-state index in [0.29, 0.717) is 31.0 Å². The number of hydrogen-bond acceptors (Lipinski definition) is 6. The summed E-state index contributed by atoms with van der Waals surface area (Å²) in [6.07, 6.45) is 0.452. The number of amides is 1. The summed E-state index contributed by atoms with van der Waals surface area (Å²) >= 11 is 0. The molecule has 0 spiro atoms. The summed E-state index contributed by atoms with van der Waals surface area (Å²) < 4.78 is 10.7. The van der Waals surface area contributed by atoms with E-state index in [1.807, 2.05) is 71.6 Å². The van der Waals surface area contributed by atoms with Gasteiger partial charge in [0.25, 0.3) is 0 Å². The Morgan fingerprint density at radius 1 is 0.763 bits per heavy atom. The SMILES string of the molecule is COc1ccc(-c2ccc(N3CCN(C(=O)CC(c4ccccc4)c4ccccc4)CC3)nn2)cc1OC. The van der Waals surface area contributed by atoms with Gasteiger partial charge in [-0.15, -0.1) is 10.2 Å². The Bertz CT molecular complexity index is 1300. The van der Waals surface area contributed by atoms with Crippen LogP contribution in [-0.2, 0) is 4.79 Å². The number of benzene rings is 3. The van der Waals surface area contributed by atoms with Crippen LogP contribution in [0.3, 0.4) is 0 Å². The molecule has 1 amide bonds. The molecule has 0 saturated carbocycles. The predicted octanol–water partition coefficient (Wildman–Crippen LogP) is 5.03. The van der Waals surface area contributed by atoms with Crippen LogP contribution in [0.1, 0.15) is 23.5 Å². The molecule has 194 valence electrons. The minimum Gasteiger partial charge on any atom is -0.493 e. The Morgan fingerprint density at radius 3 is 1.95 bits per heavy atom. The van der Waals surface area contributed by atoms with Gasteiger partial charge in [-0.3, -0.25) is 4.79 Å². The number of piperazine rings is 1. The standard InChI is InChI=1S/C31H32N4O3/c1-37-28-15-13-25(21-29(28)38-2)27-14-16-30(33-32-27)34-17-19-35(20-18-34)31(36)22-26(23-9-5-3-6-10-23)24-11-7-4-8-12-24/h3-16,21,26H,17-20,22H2,1-2H3. The van der Waals surface area contributed by atoms with E-state index < -0.39 is 0 Å². The van der Waals surface area contributed by atoms with Crippen LogP contribution in [0.25, 0.3) is 11.3 Å². The molecule has 0 unspecified atom stereocenters. The first kappa shape index (κ1) is 25.3. The molecule has 1 aromatic heterocycles. The first-order valence-corrected chi connectivity index (χ1v) is 12.8. The predicted molar refractivity (Wildman–Crippen MR) is 149 cm³/mol. The number of hydrogen-bond donors (Lipinski definition) is 0. The zero-order valence-electron chi connectivity index (χ0n) is 21.8. The molecule has 3 aromatic carbocycles. The van der Waals surface area contributed by atoms with Gasteiger partial charge in [0.1, 0.15) is 0 Å². The fraction of sp³-hybridized carbons (Fsp3) is 0.258. The number of methoxy groups -OCH3 is 2. The van der Waals surface area contributed by atoms with Crippen molar-refractivity contribution in [1.82, 2.24) is 15.1 Å². The highest BCUT2D eigenvalue weighted by Gasteiger charge is 2.26. The number of ether oxygens (including phenoxy) is 2. The normalized spacial score (nSPS) is 13.4. The van der Waals surface area contributed by atoms with Gasteiger partial charge in [-0.2, -0.15) is 0 Å². The van der Waals surface area contributed by atoms with Crippen molar-refractivity contribution in [2.24, 2.45) is 0 Å². The summed E-state index contributed by atoms with van der Waals surface area (Å²) in [5, 5.41) is 8.92. The van der Waals surface area contributed by atoms with Gasteiger partial charge in [0.05, 0.1) is 19.9 Å². The fourth-order valence-corrected chi connectivity index (χ4v) is 4.93. The van der Waals surface area contributed by atoms with Gasteiger partial charge in [-0.05, 0) is 41.5 Å². The first-order chi connectivity index (χ1) is 18.7. The van der Waals surface area contributed by atoms with Crippen molar-refractivity contribution in [2.75, 3.05) is 45.3 Å². The highest BCUT2D eigenvalue weighted by atomic mass is 16.5. The molecule has 2 heterocycles. The second-order valence-electron chi connectivity index (χ2n) is 9.29. The molecule has 7 heteroatoms. The van der Waals surface area contributed by atoms with E-state index in [4.69, 9.17) is 9.47 Å². The number of rotatable bonds is 8. The molecule has 0 atom stereocenters. The summed E-state index contributed by atoms with van der Waals surface area (Å²) in [5.74, 6) is 2.36. The van der Waals surface area contributed by atoms with Crippen LogP contribution in [0, 0.1) is 0 Å². The van der Waals surface area contributed by atoms with Crippen LogP contribution in [0.15, 0.2) is 91.0 Å². The minimum absolute atomic E-state index is 0.0397. The van der Waals surface area contributed by atoms with Crippen LogP contribution in [-0.4, -0.2) is 61.4 Å². The lowest BCUT2D eigenvalue weighted by atomic mass is 9.88. The molecule has 0 radical (unpaired) electrons. The van der Waals surface area contributed by atoms with Crippen molar-refractivity contribution in [1.29, 1.82) is 0 Å². The van der Waals surface area contributed by atoms with Crippen LogP contribution >= 0.6 is 0 Å². The molecule has 1 aliphatic heterocycles. The molecular formula is C31H32N4O3. The van der Waals surface area contributed by atoms with Crippen molar-refractivity contribution < 1.29 is 14.3 Å². The van der Waals surface area contributed by atoms with E-state index in [0.717, 1.165) is 41.3 Å². The average molecular weight is 509 g/mol. The third-order valence-electron chi connectivity index (χ3n) is 7.07. The molecule has 5 rings (SSSR count). The average Bonchev–Trinajstić information content (AvgIpc) is 3.00. The summed E-state index contributed by atoms with van der Waals surface area (Å²) in [5.41, 5.74) is 3.99. The third-order valence-corrected chi connectivity index (χ3v) is 7.07. The van der Waals surface area contributed by atoms with Crippen LogP contribution in [0.2, 0.25) is 0 Å². The summed E-state index contributed by atoms with van der Waals surface area (Å²) in [7, 11) is 3.23. The van der Waals surface area contributed by atoms with Gasteiger partial charge in [0.2, 0.25) is 5.91 Å². The second-order valence-corrected chi connectivity index (χ2v) is 9.29. The molecule has 0 aliphatic carbocycles. The van der Waals surface area contributed by atoms with Crippen LogP contribution < -0.4 is 14.4 Å². The third kappa shape index (κ3) is 5.62. The van der Waals surface area contributed by atoms with E-state index in [2.05, 4.69) is 39.4 Å². The largest absolute Gasteiger partial charge is 0.493 e. The molecule has 0 bridgehead atoms. The smallest absolute Gasteiger partial charge is 0.223 e. The van der Waals surface area contributed by atoms with Gasteiger partial charge >= 0.3 is 0 Å². The van der Waals surface area contributed by atoms with Crippen molar-refractivity contribution in [3.8, 4) is 22.8 Å².